The number of anilines is 2. The van der Waals surface area contributed by atoms with Crippen molar-refractivity contribution in [3.63, 3.8) is 0 Å². The zero-order chi connectivity index (χ0) is 29.4. The second kappa shape index (κ2) is 11.5. The SMILES string of the molecule is C=CC(=O)N1CCN(c2nc(OCC3(N4CCCC4)CC3)nc3c2CCN(c2cccc4ccccc24)C3)CC1CC#N. The first-order chi connectivity index (χ1) is 21.1. The summed E-state index contributed by atoms with van der Waals surface area (Å²) in [5.74, 6) is 0.758. The van der Waals surface area contributed by atoms with Crippen molar-refractivity contribution < 1.29 is 9.53 Å². The molecule has 2 saturated heterocycles. The number of ether oxygens (including phenoxy) is 1. The van der Waals surface area contributed by atoms with Crippen molar-refractivity contribution in [1.82, 2.24) is 19.8 Å². The van der Waals surface area contributed by atoms with E-state index in [0.29, 0.717) is 38.8 Å². The van der Waals surface area contributed by atoms with E-state index in [1.165, 1.54) is 35.4 Å². The number of nitrogens with zero attached hydrogens (tertiary/aromatic N) is 7. The van der Waals surface area contributed by atoms with Crippen LogP contribution in [0, 0.1) is 11.3 Å². The number of hydrogen-bond acceptors (Lipinski definition) is 8. The standard InChI is InChI=1S/C34H39N7O2/c1-2-31(42)41-21-20-39(22-26(41)12-16-35)32-28-13-19-38(30-11-7-9-25-8-3-4-10-27(25)30)23-29(28)36-33(37-32)43-24-34(14-15-34)40-17-5-6-18-40/h2-4,7-11,26H,1,5-6,12-15,17-24H2. The third-order valence-corrected chi connectivity index (χ3v) is 9.77. The zero-order valence-corrected chi connectivity index (χ0v) is 24.7. The summed E-state index contributed by atoms with van der Waals surface area (Å²) in [7, 11) is 0. The monoisotopic (exact) mass is 577 g/mol. The number of fused-ring (bicyclic) bond motifs is 2. The molecule has 1 aromatic heterocycles. The minimum Gasteiger partial charge on any atom is -0.461 e. The molecule has 222 valence electrons. The van der Waals surface area contributed by atoms with Gasteiger partial charge in [0.05, 0.1) is 36.3 Å². The lowest BCUT2D eigenvalue weighted by atomic mass is 10.0. The molecule has 9 nitrogen and oxygen atoms in total. The molecular weight excluding hydrogens is 538 g/mol. The van der Waals surface area contributed by atoms with Crippen LogP contribution in [-0.2, 0) is 17.8 Å². The predicted molar refractivity (Wildman–Crippen MR) is 167 cm³/mol. The lowest BCUT2D eigenvalue weighted by Crippen LogP contribution is -2.55. The molecule has 1 saturated carbocycles. The van der Waals surface area contributed by atoms with Crippen LogP contribution in [0.15, 0.2) is 55.1 Å². The maximum Gasteiger partial charge on any atom is 0.318 e. The molecule has 4 aliphatic rings. The van der Waals surface area contributed by atoms with Crippen molar-refractivity contribution in [2.45, 2.75) is 56.7 Å². The van der Waals surface area contributed by atoms with Crippen LogP contribution in [0.4, 0.5) is 11.5 Å². The van der Waals surface area contributed by atoms with Gasteiger partial charge in [-0.25, -0.2) is 0 Å². The fourth-order valence-corrected chi connectivity index (χ4v) is 7.23. The number of piperazine rings is 1. The molecule has 3 fully saturated rings. The maximum atomic E-state index is 12.6. The van der Waals surface area contributed by atoms with Crippen LogP contribution < -0.4 is 14.5 Å². The number of benzene rings is 2. The molecule has 0 radical (unpaired) electrons. The van der Waals surface area contributed by atoms with Gasteiger partial charge in [-0.15, -0.1) is 0 Å². The molecule has 1 atom stereocenters. The van der Waals surface area contributed by atoms with Crippen LogP contribution >= 0.6 is 0 Å². The number of likely N-dealkylation sites (tertiary alicyclic amines) is 1. The van der Waals surface area contributed by atoms with Crippen LogP contribution in [0.1, 0.15) is 43.4 Å². The van der Waals surface area contributed by atoms with Gasteiger partial charge in [0, 0.05) is 42.8 Å². The summed E-state index contributed by atoms with van der Waals surface area (Å²) in [6.07, 6.45) is 7.25. The summed E-state index contributed by atoms with van der Waals surface area (Å²) in [6, 6.07) is 17.5. The van der Waals surface area contributed by atoms with Crippen LogP contribution in [0.3, 0.4) is 0 Å². The van der Waals surface area contributed by atoms with Crippen molar-refractivity contribution in [3.05, 3.63) is 66.4 Å². The van der Waals surface area contributed by atoms with Crippen LogP contribution in [0.25, 0.3) is 10.8 Å². The van der Waals surface area contributed by atoms with E-state index in [1.807, 2.05) is 0 Å². The fraction of sp³-hybridized carbons (Fsp3) is 0.471. The first-order valence-electron chi connectivity index (χ1n) is 15.6. The van der Waals surface area contributed by atoms with Gasteiger partial charge in [-0.05, 0) is 62.7 Å². The number of hydrogen-bond donors (Lipinski definition) is 0. The minimum atomic E-state index is -0.222. The second-order valence-corrected chi connectivity index (χ2v) is 12.3. The topological polar surface area (TPSA) is 88.8 Å². The number of carbonyl (C=O) groups excluding carboxylic acids is 1. The van der Waals surface area contributed by atoms with Crippen molar-refractivity contribution in [1.29, 1.82) is 5.26 Å². The average Bonchev–Trinajstić information content (AvgIpc) is 3.63. The van der Waals surface area contributed by atoms with E-state index in [4.69, 9.17) is 14.7 Å². The molecule has 7 rings (SSSR count). The van der Waals surface area contributed by atoms with Gasteiger partial charge in [0.15, 0.2) is 0 Å². The fourth-order valence-electron chi connectivity index (χ4n) is 7.23. The Hall–Kier alpha value is -4.16. The van der Waals surface area contributed by atoms with E-state index in [1.54, 1.807) is 4.90 Å². The number of amides is 1. The quantitative estimate of drug-likeness (QED) is 0.366. The molecule has 0 spiro atoms. The Morgan fingerprint density at radius 3 is 2.65 bits per heavy atom. The van der Waals surface area contributed by atoms with Gasteiger partial charge < -0.3 is 19.4 Å². The molecule has 4 heterocycles. The highest BCUT2D eigenvalue weighted by Crippen LogP contribution is 2.44. The van der Waals surface area contributed by atoms with E-state index in [-0.39, 0.29) is 23.9 Å². The molecule has 1 unspecified atom stereocenters. The van der Waals surface area contributed by atoms with E-state index < -0.39 is 0 Å². The molecule has 1 aliphatic carbocycles. The Balaban J connectivity index is 1.21. The van der Waals surface area contributed by atoms with E-state index in [2.05, 4.69) is 69.8 Å². The summed E-state index contributed by atoms with van der Waals surface area (Å²) in [4.78, 5) is 31.7. The smallest absolute Gasteiger partial charge is 0.318 e. The number of aromatic nitrogens is 2. The lowest BCUT2D eigenvalue weighted by Gasteiger charge is -2.42. The predicted octanol–water partition coefficient (Wildman–Crippen LogP) is 4.32. The van der Waals surface area contributed by atoms with Crippen molar-refractivity contribution in [2.24, 2.45) is 0 Å². The van der Waals surface area contributed by atoms with Gasteiger partial charge >= 0.3 is 6.01 Å². The molecule has 3 aliphatic heterocycles. The molecule has 9 heteroatoms. The van der Waals surface area contributed by atoms with Gasteiger partial charge in [-0.1, -0.05) is 43.0 Å². The average molecular weight is 578 g/mol. The highest BCUT2D eigenvalue weighted by Gasteiger charge is 2.49. The molecule has 1 amide bonds. The first kappa shape index (κ1) is 27.7. The summed E-state index contributed by atoms with van der Waals surface area (Å²) in [6.45, 7) is 9.79. The van der Waals surface area contributed by atoms with Gasteiger partial charge in [0.2, 0.25) is 5.91 Å². The maximum absolute atomic E-state index is 12.6. The third kappa shape index (κ3) is 5.29. The third-order valence-electron chi connectivity index (χ3n) is 9.77. The number of rotatable bonds is 8. The second-order valence-electron chi connectivity index (χ2n) is 12.3. The van der Waals surface area contributed by atoms with E-state index in [9.17, 15) is 10.1 Å². The van der Waals surface area contributed by atoms with E-state index >= 15 is 0 Å². The Kier molecular flexibility index (Phi) is 7.39. The largest absolute Gasteiger partial charge is 0.461 e. The van der Waals surface area contributed by atoms with Crippen molar-refractivity contribution in [2.75, 3.05) is 55.7 Å². The van der Waals surface area contributed by atoms with Crippen LogP contribution in [-0.4, -0.2) is 83.1 Å². The Morgan fingerprint density at radius 2 is 1.86 bits per heavy atom. The summed E-state index contributed by atoms with van der Waals surface area (Å²) in [5, 5.41) is 12.0. The Bertz CT molecular complexity index is 1570. The van der Waals surface area contributed by atoms with E-state index in [0.717, 1.165) is 56.0 Å². The molecule has 2 aromatic carbocycles. The lowest BCUT2D eigenvalue weighted by molar-refractivity contribution is -0.128. The highest BCUT2D eigenvalue weighted by molar-refractivity contribution is 5.94. The van der Waals surface area contributed by atoms with Crippen LogP contribution in [0.5, 0.6) is 6.01 Å². The summed E-state index contributed by atoms with van der Waals surface area (Å²) >= 11 is 0. The molecule has 0 bridgehead atoms. The number of nitriles is 1. The van der Waals surface area contributed by atoms with Crippen LogP contribution in [0.2, 0.25) is 0 Å². The van der Waals surface area contributed by atoms with Crippen molar-refractivity contribution >= 4 is 28.2 Å². The van der Waals surface area contributed by atoms with Gasteiger partial charge in [0.25, 0.3) is 0 Å². The highest BCUT2D eigenvalue weighted by atomic mass is 16.5. The summed E-state index contributed by atoms with van der Waals surface area (Å²) in [5.41, 5.74) is 3.47. The van der Waals surface area contributed by atoms with Crippen molar-refractivity contribution in [3.8, 4) is 12.1 Å². The molecular formula is C34H39N7O2. The first-order valence-corrected chi connectivity index (χ1v) is 15.6. The normalized spacial score (nSPS) is 21.4. The Labute approximate surface area is 253 Å². The van der Waals surface area contributed by atoms with Gasteiger partial charge in [-0.3, -0.25) is 9.69 Å². The van der Waals surface area contributed by atoms with Gasteiger partial charge in [-0.2, -0.15) is 15.2 Å². The zero-order valence-electron chi connectivity index (χ0n) is 24.7. The Morgan fingerprint density at radius 1 is 1.05 bits per heavy atom. The van der Waals surface area contributed by atoms with Gasteiger partial charge in [0.1, 0.15) is 12.4 Å². The number of carbonyl (C=O) groups is 1. The minimum absolute atomic E-state index is 0.124. The molecule has 3 aromatic rings. The molecule has 0 N–H and O–H groups in total. The molecule has 43 heavy (non-hydrogen) atoms. The summed E-state index contributed by atoms with van der Waals surface area (Å²) < 4.78 is 6.47.